The number of nitrogens with one attached hydrogen (secondary N) is 2. The molecule has 0 saturated heterocycles. The van der Waals surface area contributed by atoms with E-state index in [1.807, 2.05) is 0 Å². The molecule has 0 spiro atoms. The summed E-state index contributed by atoms with van der Waals surface area (Å²) in [7, 11) is 0. The number of primary amides is 1. The molecule has 1 aromatic heterocycles. The van der Waals surface area contributed by atoms with Gasteiger partial charge in [0, 0.05) is 0 Å². The van der Waals surface area contributed by atoms with Gasteiger partial charge in [-0.1, -0.05) is 0 Å². The second-order valence-corrected chi connectivity index (χ2v) is 4.11. The van der Waals surface area contributed by atoms with Gasteiger partial charge in [0.25, 0.3) is 0 Å². The van der Waals surface area contributed by atoms with E-state index in [0.29, 0.717) is 17.2 Å². The number of nitrogens with two attached hydrogens (primary N) is 1. The number of aromatic nitrogens is 1. The van der Waals surface area contributed by atoms with Crippen molar-refractivity contribution in [1.82, 2.24) is 4.98 Å². The summed E-state index contributed by atoms with van der Waals surface area (Å²) in [6, 6.07) is 3.06. The van der Waals surface area contributed by atoms with E-state index in [9.17, 15) is 9.59 Å². The molecule has 0 bridgehead atoms. The predicted octanol–water partition coefficient (Wildman–Crippen LogP) is 0.845. The third kappa shape index (κ3) is 2.53. The van der Waals surface area contributed by atoms with Crippen LogP contribution >= 0.6 is 12.4 Å². The van der Waals surface area contributed by atoms with E-state index in [0.717, 1.165) is 0 Å². The largest absolute Gasteiger partial charge is 0.369 e. The fraction of sp³-hybridized carbons (Fsp3) is 0.364. The van der Waals surface area contributed by atoms with Crippen molar-refractivity contribution in [3.05, 3.63) is 17.8 Å². The lowest BCUT2D eigenvalue weighted by atomic mass is 10.1. The van der Waals surface area contributed by atoms with Crippen molar-refractivity contribution in [2.75, 3.05) is 10.6 Å². The van der Waals surface area contributed by atoms with Gasteiger partial charge in [0.15, 0.2) is 5.82 Å². The van der Waals surface area contributed by atoms with Crippen molar-refractivity contribution < 1.29 is 9.59 Å². The first-order chi connectivity index (χ1) is 7.99. The van der Waals surface area contributed by atoms with Crippen molar-refractivity contribution in [1.29, 1.82) is 0 Å². The molecule has 98 valence electrons. The number of fused-ring (bicyclic) bond motifs is 1. The van der Waals surface area contributed by atoms with Crippen LogP contribution in [0.1, 0.15) is 25.5 Å². The molecule has 0 saturated carbocycles. The molecule has 2 heterocycles. The Morgan fingerprint density at radius 3 is 2.78 bits per heavy atom. The number of carbonyl (C=O) groups excluding carboxylic acids is 2. The monoisotopic (exact) mass is 270 g/mol. The quantitative estimate of drug-likeness (QED) is 0.742. The zero-order valence-corrected chi connectivity index (χ0v) is 10.9. The van der Waals surface area contributed by atoms with Gasteiger partial charge in [0.1, 0.15) is 6.04 Å². The number of anilines is 2. The Bertz CT molecular complexity index is 492. The Morgan fingerprint density at radius 2 is 2.17 bits per heavy atom. The molecule has 7 heteroatoms. The predicted molar refractivity (Wildman–Crippen MR) is 70.8 cm³/mol. The lowest BCUT2D eigenvalue weighted by Crippen LogP contribution is -2.37. The van der Waals surface area contributed by atoms with E-state index in [2.05, 4.69) is 15.6 Å². The molecule has 2 amide bonds. The third-order valence-corrected chi connectivity index (χ3v) is 2.79. The minimum Gasteiger partial charge on any atom is -0.369 e. The van der Waals surface area contributed by atoms with Crippen LogP contribution in [0.25, 0.3) is 0 Å². The van der Waals surface area contributed by atoms with Crippen LogP contribution in [-0.2, 0) is 9.59 Å². The fourth-order valence-corrected chi connectivity index (χ4v) is 1.58. The summed E-state index contributed by atoms with van der Waals surface area (Å²) in [5, 5.41) is 5.69. The molecule has 1 aliphatic rings. The average molecular weight is 271 g/mol. The van der Waals surface area contributed by atoms with Crippen molar-refractivity contribution in [2.24, 2.45) is 5.73 Å². The van der Waals surface area contributed by atoms with E-state index in [4.69, 9.17) is 5.73 Å². The Kier molecular flexibility index (Phi) is 4.13. The Morgan fingerprint density at radius 1 is 1.50 bits per heavy atom. The number of hydrogen-bond donors (Lipinski definition) is 3. The van der Waals surface area contributed by atoms with Gasteiger partial charge in [-0.3, -0.25) is 9.59 Å². The van der Waals surface area contributed by atoms with E-state index in [1.54, 1.807) is 26.0 Å². The SMILES string of the molecule is CC(C(N)=O)c1ccc2c(n1)N[C@@H](C)C(=O)N2.Cl. The molecule has 0 radical (unpaired) electrons. The van der Waals surface area contributed by atoms with Crippen molar-refractivity contribution in [3.8, 4) is 0 Å². The van der Waals surface area contributed by atoms with Gasteiger partial charge in [0.2, 0.25) is 11.8 Å². The number of nitrogens with zero attached hydrogens (tertiary/aromatic N) is 1. The number of halogens is 1. The highest BCUT2D eigenvalue weighted by Gasteiger charge is 2.23. The summed E-state index contributed by atoms with van der Waals surface area (Å²) in [5.41, 5.74) is 6.43. The fourth-order valence-electron chi connectivity index (χ4n) is 1.58. The topological polar surface area (TPSA) is 97.1 Å². The lowest BCUT2D eigenvalue weighted by molar-refractivity contribution is -0.119. The van der Waals surface area contributed by atoms with Crippen LogP contribution in [-0.4, -0.2) is 22.8 Å². The zero-order valence-electron chi connectivity index (χ0n) is 10.1. The second kappa shape index (κ2) is 5.22. The van der Waals surface area contributed by atoms with Gasteiger partial charge in [0.05, 0.1) is 17.3 Å². The summed E-state index contributed by atoms with van der Waals surface area (Å²) in [5.74, 6) is -0.405. The van der Waals surface area contributed by atoms with Gasteiger partial charge in [-0.15, -0.1) is 12.4 Å². The van der Waals surface area contributed by atoms with Crippen molar-refractivity contribution >= 4 is 35.7 Å². The van der Waals surface area contributed by atoms with E-state index < -0.39 is 11.8 Å². The van der Waals surface area contributed by atoms with Gasteiger partial charge < -0.3 is 16.4 Å². The number of pyridine rings is 1. The number of carbonyl (C=O) groups is 2. The molecule has 0 aliphatic carbocycles. The van der Waals surface area contributed by atoms with Crippen LogP contribution in [0.15, 0.2) is 12.1 Å². The average Bonchev–Trinajstić information content (AvgIpc) is 2.29. The second-order valence-electron chi connectivity index (χ2n) is 4.11. The molecule has 6 nitrogen and oxygen atoms in total. The Labute approximate surface area is 111 Å². The molecule has 1 aliphatic heterocycles. The lowest BCUT2D eigenvalue weighted by Gasteiger charge is -2.24. The van der Waals surface area contributed by atoms with Gasteiger partial charge >= 0.3 is 0 Å². The molecule has 1 aromatic rings. The summed E-state index contributed by atoms with van der Waals surface area (Å²) >= 11 is 0. The van der Waals surface area contributed by atoms with Crippen LogP contribution in [0.2, 0.25) is 0 Å². The van der Waals surface area contributed by atoms with E-state index in [-0.39, 0.29) is 24.4 Å². The first-order valence-corrected chi connectivity index (χ1v) is 5.36. The minimum atomic E-state index is -0.449. The highest BCUT2D eigenvalue weighted by molar-refractivity contribution is 6.01. The highest BCUT2D eigenvalue weighted by Crippen LogP contribution is 2.26. The van der Waals surface area contributed by atoms with Crippen LogP contribution in [0.3, 0.4) is 0 Å². The van der Waals surface area contributed by atoms with Crippen LogP contribution in [0.5, 0.6) is 0 Å². The molecule has 2 rings (SSSR count). The van der Waals surface area contributed by atoms with Crippen molar-refractivity contribution in [2.45, 2.75) is 25.8 Å². The van der Waals surface area contributed by atoms with Crippen LogP contribution < -0.4 is 16.4 Å². The number of hydrogen-bond acceptors (Lipinski definition) is 4. The molecule has 18 heavy (non-hydrogen) atoms. The highest BCUT2D eigenvalue weighted by atomic mass is 35.5. The molecular weight excluding hydrogens is 256 g/mol. The molecular formula is C11H15ClN4O2. The van der Waals surface area contributed by atoms with Gasteiger partial charge in [-0.2, -0.15) is 0 Å². The first kappa shape index (κ1) is 14.2. The smallest absolute Gasteiger partial charge is 0.246 e. The molecule has 4 N–H and O–H groups in total. The normalized spacial score (nSPS) is 18.8. The first-order valence-electron chi connectivity index (χ1n) is 5.36. The summed E-state index contributed by atoms with van der Waals surface area (Å²) in [6.45, 7) is 3.44. The van der Waals surface area contributed by atoms with E-state index >= 15 is 0 Å². The number of amides is 2. The Hall–Kier alpha value is -1.82. The molecule has 0 aromatic carbocycles. The molecule has 1 unspecified atom stereocenters. The van der Waals surface area contributed by atoms with Crippen LogP contribution in [0.4, 0.5) is 11.5 Å². The number of rotatable bonds is 2. The third-order valence-electron chi connectivity index (χ3n) is 2.79. The summed E-state index contributed by atoms with van der Waals surface area (Å²) in [4.78, 5) is 26.8. The maximum atomic E-state index is 11.4. The maximum absolute atomic E-state index is 11.4. The Balaban J connectivity index is 0.00000162. The van der Waals surface area contributed by atoms with Crippen molar-refractivity contribution in [3.63, 3.8) is 0 Å². The van der Waals surface area contributed by atoms with Crippen LogP contribution in [0, 0.1) is 0 Å². The summed E-state index contributed by atoms with van der Waals surface area (Å²) < 4.78 is 0. The summed E-state index contributed by atoms with van der Waals surface area (Å²) in [6.07, 6.45) is 0. The molecule has 0 fully saturated rings. The van der Waals surface area contributed by atoms with E-state index in [1.165, 1.54) is 0 Å². The van der Waals surface area contributed by atoms with Gasteiger partial charge in [-0.05, 0) is 26.0 Å². The molecule has 2 atom stereocenters. The van der Waals surface area contributed by atoms with Gasteiger partial charge in [-0.25, -0.2) is 4.98 Å². The minimum absolute atomic E-state index is 0. The zero-order chi connectivity index (χ0) is 12.6. The maximum Gasteiger partial charge on any atom is 0.246 e. The standard InChI is InChI=1S/C11H14N4O2.ClH/c1-5(9(12)16)7-3-4-8-10(14-7)13-6(2)11(17)15-8;/h3-6H,1-2H3,(H2,12,16)(H,13,14)(H,15,17);1H/t5?,6-;/m0./s1.